The third-order valence-electron chi connectivity index (χ3n) is 5.97. The van der Waals surface area contributed by atoms with Crippen molar-refractivity contribution in [3.8, 4) is 5.75 Å². The van der Waals surface area contributed by atoms with Gasteiger partial charge in [0.05, 0.1) is 18.6 Å². The van der Waals surface area contributed by atoms with Gasteiger partial charge in [-0.15, -0.1) is 0 Å². The van der Waals surface area contributed by atoms with Crippen LogP contribution in [-0.2, 0) is 26.2 Å². The monoisotopic (exact) mass is 585 g/mol. The van der Waals surface area contributed by atoms with Crippen LogP contribution in [0.1, 0.15) is 52.0 Å². The van der Waals surface area contributed by atoms with E-state index in [1.54, 1.807) is 49.4 Å². The molecule has 0 aliphatic rings. The number of benzene rings is 2. The van der Waals surface area contributed by atoms with E-state index in [9.17, 15) is 18.0 Å². The highest BCUT2D eigenvalue weighted by atomic mass is 35.5. The minimum absolute atomic E-state index is 0.0255. The normalized spacial score (nSPS) is 12.1. The molecule has 0 aromatic heterocycles. The zero-order valence-corrected chi connectivity index (χ0v) is 24.7. The number of nitrogens with one attached hydrogen (secondary N) is 1. The molecule has 2 amide bonds. The number of unbranched alkanes of at least 4 members (excludes halogenated alkanes) is 1. The molecular formula is C27H37Cl2N3O5S. The van der Waals surface area contributed by atoms with E-state index in [1.165, 1.54) is 9.21 Å². The molecule has 11 heteroatoms. The van der Waals surface area contributed by atoms with Gasteiger partial charge in [-0.1, -0.05) is 42.6 Å². The SMILES string of the molecule is CCCCNC(=O)[C@@H](C)N(Cc1c(Cl)cccc1Cl)C(=O)CCCN(c1ccc(OCC)cc1)S(C)(=O)=O. The van der Waals surface area contributed by atoms with E-state index < -0.39 is 16.1 Å². The van der Waals surface area contributed by atoms with Crippen LogP contribution in [0, 0.1) is 0 Å². The fraction of sp³-hybridized carbons (Fsp3) is 0.481. The first-order valence-corrected chi connectivity index (χ1v) is 15.3. The summed E-state index contributed by atoms with van der Waals surface area (Å²) in [5.41, 5.74) is 1.02. The molecule has 2 rings (SSSR count). The topological polar surface area (TPSA) is 96.0 Å². The summed E-state index contributed by atoms with van der Waals surface area (Å²) in [5, 5.41) is 3.66. The van der Waals surface area contributed by atoms with E-state index in [0.29, 0.717) is 40.2 Å². The van der Waals surface area contributed by atoms with Gasteiger partial charge in [0.15, 0.2) is 0 Å². The van der Waals surface area contributed by atoms with Gasteiger partial charge in [-0.05, 0) is 63.1 Å². The Labute approximate surface area is 236 Å². The van der Waals surface area contributed by atoms with Crippen LogP contribution >= 0.6 is 23.2 Å². The zero-order chi connectivity index (χ0) is 28.3. The smallest absolute Gasteiger partial charge is 0.242 e. The van der Waals surface area contributed by atoms with Crippen molar-refractivity contribution in [1.29, 1.82) is 0 Å². The van der Waals surface area contributed by atoms with Gasteiger partial charge >= 0.3 is 0 Å². The van der Waals surface area contributed by atoms with Crippen LogP contribution < -0.4 is 14.4 Å². The predicted molar refractivity (Wildman–Crippen MR) is 153 cm³/mol. The Morgan fingerprint density at radius 2 is 1.66 bits per heavy atom. The van der Waals surface area contributed by atoms with Crippen molar-refractivity contribution in [2.45, 2.75) is 59.0 Å². The van der Waals surface area contributed by atoms with Crippen molar-refractivity contribution >= 4 is 50.7 Å². The number of carbonyl (C=O) groups excluding carboxylic acids is 2. The van der Waals surface area contributed by atoms with E-state index in [-0.39, 0.29) is 37.7 Å². The number of amides is 2. The summed E-state index contributed by atoms with van der Waals surface area (Å²) in [4.78, 5) is 27.7. The molecular weight excluding hydrogens is 549 g/mol. The summed E-state index contributed by atoms with van der Waals surface area (Å²) in [6.45, 7) is 6.71. The predicted octanol–water partition coefficient (Wildman–Crippen LogP) is 5.27. The van der Waals surface area contributed by atoms with Crippen molar-refractivity contribution < 1.29 is 22.7 Å². The zero-order valence-electron chi connectivity index (χ0n) is 22.4. The molecule has 0 aliphatic heterocycles. The highest BCUT2D eigenvalue weighted by Gasteiger charge is 2.27. The lowest BCUT2D eigenvalue weighted by molar-refractivity contribution is -0.140. The van der Waals surface area contributed by atoms with Gasteiger partial charge in [0.2, 0.25) is 21.8 Å². The van der Waals surface area contributed by atoms with Gasteiger partial charge in [-0.3, -0.25) is 13.9 Å². The lowest BCUT2D eigenvalue weighted by Gasteiger charge is -2.30. The molecule has 2 aromatic carbocycles. The average molecular weight is 587 g/mol. The van der Waals surface area contributed by atoms with Crippen molar-refractivity contribution in [3.63, 3.8) is 0 Å². The summed E-state index contributed by atoms with van der Waals surface area (Å²) in [6.07, 6.45) is 3.15. The van der Waals surface area contributed by atoms with Gasteiger partial charge < -0.3 is 15.0 Å². The van der Waals surface area contributed by atoms with Crippen LogP contribution in [0.3, 0.4) is 0 Å². The fourth-order valence-electron chi connectivity index (χ4n) is 3.85. The first-order chi connectivity index (χ1) is 18.0. The van der Waals surface area contributed by atoms with E-state index in [2.05, 4.69) is 5.32 Å². The molecule has 8 nitrogen and oxygen atoms in total. The minimum Gasteiger partial charge on any atom is -0.494 e. The molecule has 0 unspecified atom stereocenters. The average Bonchev–Trinajstić information content (AvgIpc) is 2.86. The number of carbonyl (C=O) groups is 2. The third kappa shape index (κ3) is 9.36. The lowest BCUT2D eigenvalue weighted by Crippen LogP contribution is -2.48. The maximum atomic E-state index is 13.4. The molecule has 1 N–H and O–H groups in total. The van der Waals surface area contributed by atoms with Gasteiger partial charge in [0.1, 0.15) is 11.8 Å². The Morgan fingerprint density at radius 3 is 2.21 bits per heavy atom. The van der Waals surface area contributed by atoms with Crippen LogP contribution in [0.25, 0.3) is 0 Å². The summed E-state index contributed by atoms with van der Waals surface area (Å²) in [6, 6.07) is 11.0. The number of hydrogen-bond donors (Lipinski definition) is 1. The molecule has 0 spiro atoms. The number of anilines is 1. The molecule has 0 radical (unpaired) electrons. The standard InChI is InChI=1S/C27H37Cl2N3O5S/c1-5-7-17-30-27(34)20(3)31(19-23-24(28)10-8-11-25(23)29)26(33)12-9-18-32(38(4,35)36)21-13-15-22(16-14-21)37-6-2/h8,10-11,13-16,20H,5-7,9,12,17-19H2,1-4H3,(H,30,34)/t20-/m1/s1. The second-order valence-corrected chi connectivity index (χ2v) is 11.6. The van der Waals surface area contributed by atoms with Gasteiger partial charge in [0, 0.05) is 41.7 Å². The molecule has 0 heterocycles. The summed E-state index contributed by atoms with van der Waals surface area (Å²) >= 11 is 12.7. The third-order valence-corrected chi connectivity index (χ3v) is 7.88. The van der Waals surface area contributed by atoms with E-state index in [4.69, 9.17) is 27.9 Å². The maximum Gasteiger partial charge on any atom is 0.242 e. The van der Waals surface area contributed by atoms with Crippen molar-refractivity contribution in [1.82, 2.24) is 10.2 Å². The number of sulfonamides is 1. The van der Waals surface area contributed by atoms with Gasteiger partial charge in [0.25, 0.3) is 0 Å². The fourth-order valence-corrected chi connectivity index (χ4v) is 5.33. The second kappa shape index (κ2) is 15.2. The summed E-state index contributed by atoms with van der Waals surface area (Å²) in [5.74, 6) is 0.0568. The molecule has 2 aromatic rings. The quantitative estimate of drug-likeness (QED) is 0.287. The molecule has 1 atom stereocenters. The maximum absolute atomic E-state index is 13.4. The van der Waals surface area contributed by atoms with Crippen LogP contribution in [0.4, 0.5) is 5.69 Å². The van der Waals surface area contributed by atoms with Gasteiger partial charge in [-0.25, -0.2) is 8.42 Å². The number of rotatable bonds is 15. The van der Waals surface area contributed by atoms with Crippen molar-refractivity contribution in [2.75, 3.05) is 30.3 Å². The molecule has 0 aliphatic carbocycles. The van der Waals surface area contributed by atoms with Crippen LogP contribution in [0.2, 0.25) is 10.0 Å². The Morgan fingerprint density at radius 1 is 1.03 bits per heavy atom. The lowest BCUT2D eigenvalue weighted by atomic mass is 10.1. The molecule has 0 fully saturated rings. The second-order valence-electron chi connectivity index (χ2n) is 8.91. The molecule has 0 saturated heterocycles. The summed E-state index contributed by atoms with van der Waals surface area (Å²) < 4.78 is 31.7. The van der Waals surface area contributed by atoms with E-state index >= 15 is 0 Å². The van der Waals surface area contributed by atoms with Gasteiger partial charge in [-0.2, -0.15) is 0 Å². The van der Waals surface area contributed by atoms with Crippen molar-refractivity contribution in [3.05, 3.63) is 58.1 Å². The molecule has 0 bridgehead atoms. The van der Waals surface area contributed by atoms with Crippen LogP contribution in [0.15, 0.2) is 42.5 Å². The molecule has 38 heavy (non-hydrogen) atoms. The Bertz CT molecular complexity index is 1160. The Balaban J connectivity index is 2.19. The van der Waals surface area contributed by atoms with Crippen molar-refractivity contribution in [2.24, 2.45) is 0 Å². The first kappa shape index (κ1) is 31.7. The molecule has 0 saturated carbocycles. The number of nitrogens with zero attached hydrogens (tertiary/aromatic N) is 2. The highest BCUT2D eigenvalue weighted by Crippen LogP contribution is 2.27. The van der Waals surface area contributed by atoms with Crippen LogP contribution in [0.5, 0.6) is 5.75 Å². The van der Waals surface area contributed by atoms with E-state index in [1.807, 2.05) is 13.8 Å². The number of hydrogen-bond acceptors (Lipinski definition) is 5. The Hall–Kier alpha value is -2.49. The summed E-state index contributed by atoms with van der Waals surface area (Å²) in [7, 11) is -3.60. The van der Waals surface area contributed by atoms with Crippen LogP contribution in [-0.4, -0.2) is 57.1 Å². The number of halogens is 2. The molecule has 210 valence electrons. The Kier molecular flexibility index (Phi) is 12.7. The highest BCUT2D eigenvalue weighted by molar-refractivity contribution is 7.92. The first-order valence-electron chi connectivity index (χ1n) is 12.7. The van der Waals surface area contributed by atoms with E-state index in [0.717, 1.165) is 19.1 Å². The largest absolute Gasteiger partial charge is 0.494 e. The number of ether oxygens (including phenoxy) is 1. The minimum atomic E-state index is -3.60.